The lowest BCUT2D eigenvalue weighted by Gasteiger charge is -2.34. The second-order valence-electron chi connectivity index (χ2n) is 6.84. The van der Waals surface area contributed by atoms with Crippen molar-refractivity contribution < 1.29 is 28.9 Å². The lowest BCUT2D eigenvalue weighted by molar-refractivity contribution is -0.385. The summed E-state index contributed by atoms with van der Waals surface area (Å²) >= 11 is 0. The first kappa shape index (κ1) is 22.5. The first-order valence-electron chi connectivity index (χ1n) is 9.63. The Labute approximate surface area is 182 Å². The highest BCUT2D eigenvalue weighted by atomic mass is 16.6. The number of rotatable bonds is 8. The summed E-state index contributed by atoms with van der Waals surface area (Å²) in [6.45, 7) is 0.929. The summed E-state index contributed by atoms with van der Waals surface area (Å²) < 4.78 is 10.8. The zero-order valence-corrected chi connectivity index (χ0v) is 16.9. The molecule has 168 valence electrons. The van der Waals surface area contributed by atoms with Gasteiger partial charge in [0, 0.05) is 50.4 Å². The number of ether oxygens (including phenoxy) is 2. The van der Waals surface area contributed by atoms with Gasteiger partial charge in [0.1, 0.15) is 11.5 Å². The summed E-state index contributed by atoms with van der Waals surface area (Å²) in [5.74, 6) is 0.192. The molecule has 2 aromatic carbocycles. The van der Waals surface area contributed by atoms with Crippen molar-refractivity contribution in [3.63, 3.8) is 0 Å². The SMILES string of the molecule is O=C(COc1ccc([N+](=O)[O-])cc1)N1CCN(C(=O)COc2ccc([N+](=O)[O-])cc2)CC1. The van der Waals surface area contributed by atoms with Crippen LogP contribution in [0.15, 0.2) is 48.5 Å². The van der Waals surface area contributed by atoms with Crippen LogP contribution in [0.2, 0.25) is 0 Å². The number of nitro groups is 2. The molecular weight excluding hydrogens is 424 g/mol. The van der Waals surface area contributed by atoms with Gasteiger partial charge in [-0.05, 0) is 24.3 Å². The van der Waals surface area contributed by atoms with Gasteiger partial charge in [-0.15, -0.1) is 0 Å². The smallest absolute Gasteiger partial charge is 0.269 e. The molecule has 2 aromatic rings. The van der Waals surface area contributed by atoms with Crippen molar-refractivity contribution in [3.05, 3.63) is 68.8 Å². The molecule has 1 saturated heterocycles. The standard InChI is InChI=1S/C20H20N4O8/c25-19(13-31-17-5-1-15(2-6-17)23(27)28)21-9-11-22(12-10-21)20(26)14-32-18-7-3-16(4-8-18)24(29)30/h1-8H,9-14H2. The fraction of sp³-hybridized carbons (Fsp3) is 0.300. The maximum absolute atomic E-state index is 12.3. The first-order valence-corrected chi connectivity index (χ1v) is 9.63. The average molecular weight is 444 g/mol. The number of hydrogen-bond acceptors (Lipinski definition) is 8. The normalized spacial score (nSPS) is 13.4. The number of benzene rings is 2. The summed E-state index contributed by atoms with van der Waals surface area (Å²) in [4.78, 5) is 48.1. The zero-order chi connectivity index (χ0) is 23.1. The van der Waals surface area contributed by atoms with Crippen molar-refractivity contribution in [2.75, 3.05) is 39.4 Å². The minimum absolute atomic E-state index is 0.0676. The minimum atomic E-state index is -0.521. The Hall–Kier alpha value is -4.22. The van der Waals surface area contributed by atoms with Gasteiger partial charge in [-0.25, -0.2) is 0 Å². The van der Waals surface area contributed by atoms with E-state index < -0.39 is 9.85 Å². The van der Waals surface area contributed by atoms with Gasteiger partial charge in [0.05, 0.1) is 9.85 Å². The lowest BCUT2D eigenvalue weighted by atomic mass is 10.3. The maximum Gasteiger partial charge on any atom is 0.269 e. The van der Waals surface area contributed by atoms with E-state index in [1.54, 1.807) is 9.80 Å². The lowest BCUT2D eigenvalue weighted by Crippen LogP contribution is -2.52. The Kier molecular flexibility index (Phi) is 7.16. The first-order chi connectivity index (χ1) is 15.3. The van der Waals surface area contributed by atoms with Crippen LogP contribution in [0.1, 0.15) is 0 Å². The molecule has 1 heterocycles. The number of amides is 2. The van der Waals surface area contributed by atoms with E-state index in [4.69, 9.17) is 9.47 Å². The van der Waals surface area contributed by atoms with E-state index in [0.717, 1.165) is 0 Å². The van der Waals surface area contributed by atoms with Crippen LogP contribution < -0.4 is 9.47 Å². The second-order valence-corrected chi connectivity index (χ2v) is 6.84. The van der Waals surface area contributed by atoms with Crippen LogP contribution in [-0.4, -0.2) is 70.9 Å². The molecule has 2 amide bonds. The molecule has 12 nitrogen and oxygen atoms in total. The molecule has 3 rings (SSSR count). The molecule has 0 radical (unpaired) electrons. The Morgan fingerprint density at radius 2 is 1.00 bits per heavy atom. The summed E-state index contributed by atoms with van der Waals surface area (Å²) in [5, 5.41) is 21.3. The van der Waals surface area contributed by atoms with Gasteiger partial charge in [0.2, 0.25) is 0 Å². The highest BCUT2D eigenvalue weighted by molar-refractivity contribution is 5.80. The summed E-state index contributed by atoms with van der Waals surface area (Å²) in [7, 11) is 0. The van der Waals surface area contributed by atoms with Gasteiger partial charge in [-0.3, -0.25) is 29.8 Å². The largest absolute Gasteiger partial charge is 0.484 e. The van der Waals surface area contributed by atoms with E-state index in [0.29, 0.717) is 37.7 Å². The van der Waals surface area contributed by atoms with Crippen LogP contribution in [0.25, 0.3) is 0 Å². The molecule has 0 bridgehead atoms. The van der Waals surface area contributed by atoms with Gasteiger partial charge in [0.15, 0.2) is 13.2 Å². The van der Waals surface area contributed by atoms with Crippen molar-refractivity contribution in [2.45, 2.75) is 0 Å². The van der Waals surface area contributed by atoms with E-state index in [1.165, 1.54) is 48.5 Å². The third kappa shape index (κ3) is 5.90. The van der Waals surface area contributed by atoms with E-state index in [9.17, 15) is 29.8 Å². The van der Waals surface area contributed by atoms with E-state index >= 15 is 0 Å². The summed E-state index contributed by atoms with van der Waals surface area (Å²) in [5.41, 5.74) is -0.135. The Morgan fingerprint density at radius 1 is 0.688 bits per heavy atom. The van der Waals surface area contributed by atoms with Crippen molar-refractivity contribution >= 4 is 23.2 Å². The molecule has 1 fully saturated rings. The van der Waals surface area contributed by atoms with Gasteiger partial charge in [0.25, 0.3) is 23.2 Å². The van der Waals surface area contributed by atoms with Crippen LogP contribution in [0, 0.1) is 20.2 Å². The molecule has 0 atom stereocenters. The van der Waals surface area contributed by atoms with E-state index in [2.05, 4.69) is 0 Å². The van der Waals surface area contributed by atoms with Crippen molar-refractivity contribution in [3.8, 4) is 11.5 Å². The molecule has 32 heavy (non-hydrogen) atoms. The van der Waals surface area contributed by atoms with E-state index in [1.807, 2.05) is 0 Å². The van der Waals surface area contributed by atoms with Crippen LogP contribution in [0.3, 0.4) is 0 Å². The molecule has 0 unspecified atom stereocenters. The number of carbonyl (C=O) groups excluding carboxylic acids is 2. The summed E-state index contributed by atoms with van der Waals surface area (Å²) in [6, 6.07) is 10.9. The third-order valence-electron chi connectivity index (χ3n) is 4.80. The molecule has 1 aliphatic heterocycles. The van der Waals surface area contributed by atoms with Crippen LogP contribution in [0.5, 0.6) is 11.5 Å². The number of piperazine rings is 1. The Bertz CT molecular complexity index is 904. The summed E-state index contributed by atoms with van der Waals surface area (Å²) in [6.07, 6.45) is 0. The van der Waals surface area contributed by atoms with Crippen molar-refractivity contribution in [2.24, 2.45) is 0 Å². The average Bonchev–Trinajstić information content (AvgIpc) is 2.81. The molecule has 1 aliphatic rings. The molecular formula is C20H20N4O8. The van der Waals surface area contributed by atoms with Gasteiger partial charge >= 0.3 is 0 Å². The number of carbonyl (C=O) groups is 2. The molecule has 0 aliphatic carbocycles. The second kappa shape index (κ2) is 10.2. The fourth-order valence-corrected chi connectivity index (χ4v) is 3.01. The van der Waals surface area contributed by atoms with E-state index in [-0.39, 0.29) is 36.4 Å². The predicted octanol–water partition coefficient (Wildman–Crippen LogP) is 1.63. The van der Waals surface area contributed by atoms with Gasteiger partial charge in [-0.1, -0.05) is 0 Å². The van der Waals surface area contributed by atoms with Crippen LogP contribution >= 0.6 is 0 Å². The number of nitrogens with zero attached hydrogens (tertiary/aromatic N) is 4. The Balaban J connectivity index is 1.39. The van der Waals surface area contributed by atoms with Crippen molar-refractivity contribution in [1.29, 1.82) is 0 Å². The van der Waals surface area contributed by atoms with Gasteiger partial charge < -0.3 is 19.3 Å². The fourth-order valence-electron chi connectivity index (χ4n) is 3.01. The Morgan fingerprint density at radius 3 is 1.28 bits per heavy atom. The number of nitro benzene ring substituents is 2. The van der Waals surface area contributed by atoms with Crippen LogP contribution in [0.4, 0.5) is 11.4 Å². The minimum Gasteiger partial charge on any atom is -0.484 e. The zero-order valence-electron chi connectivity index (χ0n) is 16.9. The van der Waals surface area contributed by atoms with Crippen LogP contribution in [-0.2, 0) is 9.59 Å². The number of hydrogen-bond donors (Lipinski definition) is 0. The topological polar surface area (TPSA) is 145 Å². The van der Waals surface area contributed by atoms with Crippen molar-refractivity contribution in [1.82, 2.24) is 9.80 Å². The third-order valence-corrected chi connectivity index (χ3v) is 4.80. The maximum atomic E-state index is 12.3. The number of non-ortho nitro benzene ring substituents is 2. The quantitative estimate of drug-likeness (QED) is 0.441. The monoisotopic (exact) mass is 444 g/mol. The molecule has 0 N–H and O–H groups in total. The highest BCUT2D eigenvalue weighted by Crippen LogP contribution is 2.18. The predicted molar refractivity (Wildman–Crippen MR) is 110 cm³/mol. The molecule has 0 saturated carbocycles. The molecule has 12 heteroatoms. The van der Waals surface area contributed by atoms with Gasteiger partial charge in [-0.2, -0.15) is 0 Å². The highest BCUT2D eigenvalue weighted by Gasteiger charge is 2.24. The molecule has 0 spiro atoms. The molecule has 0 aromatic heterocycles.